The Balaban J connectivity index is 4.55. The number of hydrogen-bond acceptors (Lipinski definition) is 3. The standard InChI is InChI=1S/C5H11NO3S/c1-3-5(4(2)7)10(6,8)9/h5H,3H2,1-2H3,(H2,6,8,9). The van der Waals surface area contributed by atoms with Crippen LogP contribution in [0, 0.1) is 0 Å². The van der Waals surface area contributed by atoms with Crippen molar-refractivity contribution in [2.75, 3.05) is 0 Å². The summed E-state index contributed by atoms with van der Waals surface area (Å²) in [6.45, 7) is 2.83. The van der Waals surface area contributed by atoms with E-state index >= 15 is 0 Å². The lowest BCUT2D eigenvalue weighted by Crippen LogP contribution is -2.33. The molecule has 0 aromatic carbocycles. The molecule has 0 aromatic rings. The van der Waals surface area contributed by atoms with Gasteiger partial charge in [0.25, 0.3) is 0 Å². The third-order valence-corrected chi connectivity index (χ3v) is 2.68. The molecule has 0 saturated heterocycles. The van der Waals surface area contributed by atoms with Gasteiger partial charge in [-0.3, -0.25) is 4.79 Å². The molecular formula is C5H11NO3S. The maximum atomic E-state index is 10.6. The van der Waals surface area contributed by atoms with E-state index in [2.05, 4.69) is 0 Å². The molecule has 2 N–H and O–H groups in total. The second-order valence-corrected chi connectivity index (χ2v) is 3.84. The molecule has 4 nitrogen and oxygen atoms in total. The maximum absolute atomic E-state index is 10.6. The highest BCUT2D eigenvalue weighted by atomic mass is 32.2. The van der Waals surface area contributed by atoms with Crippen LogP contribution >= 0.6 is 0 Å². The van der Waals surface area contributed by atoms with Gasteiger partial charge in [-0.2, -0.15) is 0 Å². The summed E-state index contributed by atoms with van der Waals surface area (Å²) in [5.41, 5.74) is 0. The van der Waals surface area contributed by atoms with Gasteiger partial charge < -0.3 is 0 Å². The van der Waals surface area contributed by atoms with Crippen molar-refractivity contribution in [2.24, 2.45) is 5.14 Å². The fourth-order valence-corrected chi connectivity index (χ4v) is 1.68. The molecule has 10 heavy (non-hydrogen) atoms. The fourth-order valence-electron chi connectivity index (χ4n) is 0.751. The van der Waals surface area contributed by atoms with Gasteiger partial charge in [-0.15, -0.1) is 0 Å². The number of sulfonamides is 1. The molecule has 0 fully saturated rings. The van der Waals surface area contributed by atoms with Gasteiger partial charge in [0.05, 0.1) is 0 Å². The summed E-state index contributed by atoms with van der Waals surface area (Å²) in [6.07, 6.45) is 0.244. The highest BCUT2D eigenvalue weighted by Gasteiger charge is 2.23. The van der Waals surface area contributed by atoms with E-state index in [-0.39, 0.29) is 6.42 Å². The van der Waals surface area contributed by atoms with Crippen molar-refractivity contribution >= 4 is 15.8 Å². The highest BCUT2D eigenvalue weighted by molar-refractivity contribution is 7.90. The van der Waals surface area contributed by atoms with Crippen molar-refractivity contribution in [3.63, 3.8) is 0 Å². The number of nitrogens with two attached hydrogens (primary N) is 1. The third-order valence-electron chi connectivity index (χ3n) is 1.22. The lowest BCUT2D eigenvalue weighted by Gasteiger charge is -2.06. The van der Waals surface area contributed by atoms with Crippen LogP contribution in [-0.4, -0.2) is 19.5 Å². The van der Waals surface area contributed by atoms with E-state index in [0.717, 1.165) is 0 Å². The molecule has 0 aliphatic carbocycles. The van der Waals surface area contributed by atoms with Gasteiger partial charge in [-0.25, -0.2) is 13.6 Å². The van der Waals surface area contributed by atoms with Crippen LogP contribution in [0.3, 0.4) is 0 Å². The molecule has 0 aliphatic heterocycles. The van der Waals surface area contributed by atoms with Crippen molar-refractivity contribution < 1.29 is 13.2 Å². The first-order valence-corrected chi connectivity index (χ1v) is 4.52. The van der Waals surface area contributed by atoms with Crippen LogP contribution in [0.1, 0.15) is 20.3 Å². The molecule has 1 unspecified atom stereocenters. The van der Waals surface area contributed by atoms with E-state index in [9.17, 15) is 13.2 Å². The largest absolute Gasteiger partial charge is 0.299 e. The molecule has 60 valence electrons. The fraction of sp³-hybridized carbons (Fsp3) is 0.800. The lowest BCUT2D eigenvalue weighted by molar-refractivity contribution is -0.116. The first kappa shape index (κ1) is 9.58. The van der Waals surface area contributed by atoms with Crippen LogP contribution < -0.4 is 5.14 Å². The Morgan fingerprint density at radius 1 is 1.60 bits per heavy atom. The zero-order valence-corrected chi connectivity index (χ0v) is 6.81. The van der Waals surface area contributed by atoms with E-state index < -0.39 is 21.1 Å². The molecule has 0 spiro atoms. The zero-order chi connectivity index (χ0) is 8.36. The number of primary sulfonamides is 1. The van der Waals surface area contributed by atoms with Crippen LogP contribution in [0.25, 0.3) is 0 Å². The molecule has 0 rings (SSSR count). The minimum atomic E-state index is -3.66. The maximum Gasteiger partial charge on any atom is 0.219 e. The Bertz CT molecular complexity index is 219. The van der Waals surface area contributed by atoms with E-state index in [1.165, 1.54) is 6.92 Å². The molecule has 0 aliphatic rings. The van der Waals surface area contributed by atoms with Crippen molar-refractivity contribution in [1.82, 2.24) is 0 Å². The Labute approximate surface area is 60.5 Å². The van der Waals surface area contributed by atoms with Crippen molar-refractivity contribution in [3.05, 3.63) is 0 Å². The molecule has 0 saturated carbocycles. The smallest absolute Gasteiger partial charge is 0.219 e. The summed E-state index contributed by atoms with van der Waals surface area (Å²) in [4.78, 5) is 10.6. The van der Waals surface area contributed by atoms with Crippen LogP contribution in [0.2, 0.25) is 0 Å². The minimum absolute atomic E-state index is 0.244. The monoisotopic (exact) mass is 165 g/mol. The van der Waals surface area contributed by atoms with Gasteiger partial charge in [-0.05, 0) is 13.3 Å². The normalized spacial score (nSPS) is 14.7. The average molecular weight is 165 g/mol. The lowest BCUT2D eigenvalue weighted by atomic mass is 10.2. The quantitative estimate of drug-likeness (QED) is 0.620. The minimum Gasteiger partial charge on any atom is -0.299 e. The summed E-state index contributed by atoms with van der Waals surface area (Å²) in [7, 11) is -3.66. The highest BCUT2D eigenvalue weighted by Crippen LogP contribution is 2.01. The number of rotatable bonds is 3. The second-order valence-electron chi connectivity index (χ2n) is 2.10. The van der Waals surface area contributed by atoms with Gasteiger partial charge in [0.1, 0.15) is 11.0 Å². The Hall–Kier alpha value is -0.420. The summed E-state index contributed by atoms with van der Waals surface area (Å²) in [5, 5.41) is 3.72. The molecule has 5 heteroatoms. The molecule has 0 aromatic heterocycles. The van der Waals surface area contributed by atoms with Gasteiger partial charge in [0.2, 0.25) is 10.0 Å². The summed E-state index contributed by atoms with van der Waals surface area (Å²) in [5.74, 6) is -0.398. The number of Topliss-reactive ketones (excluding diaryl/α,β-unsaturated/α-hetero) is 1. The third kappa shape index (κ3) is 2.45. The molecule has 1 atom stereocenters. The van der Waals surface area contributed by atoms with Gasteiger partial charge in [-0.1, -0.05) is 6.92 Å². The molecular weight excluding hydrogens is 154 g/mol. The van der Waals surface area contributed by atoms with Crippen LogP contribution in [0.5, 0.6) is 0 Å². The second kappa shape index (κ2) is 3.12. The van der Waals surface area contributed by atoms with Crippen molar-refractivity contribution in [3.8, 4) is 0 Å². The summed E-state index contributed by atoms with van der Waals surface area (Å²) in [6, 6.07) is 0. The first-order valence-electron chi connectivity index (χ1n) is 2.91. The molecule has 0 bridgehead atoms. The zero-order valence-electron chi connectivity index (χ0n) is 5.99. The number of hydrogen-bond donors (Lipinski definition) is 1. The molecule has 0 heterocycles. The van der Waals surface area contributed by atoms with E-state index in [0.29, 0.717) is 0 Å². The van der Waals surface area contributed by atoms with E-state index in [1.54, 1.807) is 6.92 Å². The summed E-state index contributed by atoms with van der Waals surface area (Å²) >= 11 is 0. The van der Waals surface area contributed by atoms with Crippen molar-refractivity contribution in [1.29, 1.82) is 0 Å². The Morgan fingerprint density at radius 2 is 2.00 bits per heavy atom. The van der Waals surface area contributed by atoms with Crippen LogP contribution in [-0.2, 0) is 14.8 Å². The Kier molecular flexibility index (Phi) is 2.98. The van der Waals surface area contributed by atoms with E-state index in [4.69, 9.17) is 5.14 Å². The molecule has 0 amide bonds. The van der Waals surface area contributed by atoms with Gasteiger partial charge >= 0.3 is 0 Å². The summed E-state index contributed by atoms with van der Waals surface area (Å²) < 4.78 is 21.1. The number of carbonyl (C=O) groups is 1. The van der Waals surface area contributed by atoms with Crippen LogP contribution in [0.15, 0.2) is 0 Å². The Morgan fingerprint density at radius 3 is 2.00 bits per heavy atom. The predicted octanol–water partition coefficient (Wildman–Crippen LogP) is -0.357. The number of ketones is 1. The first-order chi connectivity index (χ1) is 4.39. The van der Waals surface area contributed by atoms with E-state index in [1.807, 2.05) is 0 Å². The SMILES string of the molecule is CCC(C(C)=O)S(N)(=O)=O. The average Bonchev–Trinajstić information content (AvgIpc) is 1.60. The van der Waals surface area contributed by atoms with Gasteiger partial charge in [0, 0.05) is 0 Å². The van der Waals surface area contributed by atoms with Crippen LogP contribution in [0.4, 0.5) is 0 Å². The number of carbonyl (C=O) groups excluding carboxylic acids is 1. The van der Waals surface area contributed by atoms with Crippen molar-refractivity contribution in [2.45, 2.75) is 25.5 Å². The topological polar surface area (TPSA) is 77.2 Å². The molecule has 0 radical (unpaired) electrons. The van der Waals surface area contributed by atoms with Gasteiger partial charge in [0.15, 0.2) is 0 Å². The predicted molar refractivity (Wildman–Crippen MR) is 37.9 cm³/mol.